The third-order valence-electron chi connectivity index (χ3n) is 5.65. The third kappa shape index (κ3) is 3.79. The molecule has 1 aromatic carbocycles. The number of nitrogens with one attached hydrogen (secondary N) is 1. The van der Waals surface area contributed by atoms with Crippen LogP contribution in [0.15, 0.2) is 28.2 Å². The van der Waals surface area contributed by atoms with E-state index in [9.17, 15) is 9.59 Å². The van der Waals surface area contributed by atoms with Gasteiger partial charge in [0.25, 0.3) is 5.56 Å². The molecule has 1 N–H and O–H groups in total. The molecule has 3 aromatic rings. The van der Waals surface area contributed by atoms with Gasteiger partial charge in [0.1, 0.15) is 4.83 Å². The highest BCUT2D eigenvalue weighted by Gasteiger charge is 2.25. The van der Waals surface area contributed by atoms with E-state index in [1.165, 1.54) is 16.6 Å². The number of thiophene rings is 1. The molecule has 5 rings (SSSR count). The summed E-state index contributed by atoms with van der Waals surface area (Å²) in [5.41, 5.74) is 2.73. The Balaban J connectivity index is 1.62. The van der Waals surface area contributed by atoms with E-state index < -0.39 is 0 Å². The molecule has 2 aromatic heterocycles. The summed E-state index contributed by atoms with van der Waals surface area (Å²) in [6, 6.07) is 5.92. The van der Waals surface area contributed by atoms with Crippen LogP contribution in [0, 0.1) is 6.92 Å². The lowest BCUT2D eigenvalue weighted by molar-refractivity contribution is -0.118. The average molecular weight is 460 g/mol. The number of carbonyl (C=O) groups is 1. The zero-order valence-corrected chi connectivity index (χ0v) is 19.1. The monoisotopic (exact) mass is 459 g/mol. The summed E-state index contributed by atoms with van der Waals surface area (Å²) in [4.78, 5) is 32.9. The largest absolute Gasteiger partial charge is 0.353 e. The normalized spacial score (nSPS) is 15.9. The van der Waals surface area contributed by atoms with Crippen LogP contribution in [-0.2, 0) is 17.6 Å². The van der Waals surface area contributed by atoms with Crippen molar-refractivity contribution in [2.45, 2.75) is 56.6 Å². The van der Waals surface area contributed by atoms with E-state index in [2.05, 4.69) is 5.32 Å². The van der Waals surface area contributed by atoms with Crippen molar-refractivity contribution in [3.63, 3.8) is 0 Å². The van der Waals surface area contributed by atoms with Gasteiger partial charge in [-0.15, -0.1) is 11.3 Å². The molecule has 2 heterocycles. The predicted molar refractivity (Wildman–Crippen MR) is 123 cm³/mol. The highest BCUT2D eigenvalue weighted by atomic mass is 35.5. The molecule has 1 fully saturated rings. The maximum Gasteiger partial charge on any atom is 0.267 e. The van der Waals surface area contributed by atoms with Gasteiger partial charge in [-0.3, -0.25) is 14.2 Å². The lowest BCUT2D eigenvalue weighted by atomic mass is 9.97. The Morgan fingerprint density at radius 1 is 1.33 bits per heavy atom. The van der Waals surface area contributed by atoms with Crippen LogP contribution in [0.2, 0.25) is 5.02 Å². The molecule has 2 aliphatic carbocycles. The number of rotatable bonds is 5. The first-order valence-corrected chi connectivity index (χ1v) is 12.5. The number of aromatic nitrogens is 2. The van der Waals surface area contributed by atoms with Crippen molar-refractivity contribution in [2.75, 3.05) is 5.75 Å². The van der Waals surface area contributed by atoms with Gasteiger partial charge in [-0.25, -0.2) is 4.98 Å². The van der Waals surface area contributed by atoms with E-state index >= 15 is 0 Å². The van der Waals surface area contributed by atoms with Gasteiger partial charge >= 0.3 is 0 Å². The Bertz CT molecular complexity index is 1210. The van der Waals surface area contributed by atoms with Crippen LogP contribution in [0.5, 0.6) is 0 Å². The van der Waals surface area contributed by atoms with Gasteiger partial charge in [-0.1, -0.05) is 29.4 Å². The van der Waals surface area contributed by atoms with Gasteiger partial charge in [0.05, 0.1) is 16.8 Å². The molecular weight excluding hydrogens is 438 g/mol. The summed E-state index contributed by atoms with van der Waals surface area (Å²) in [7, 11) is 0. The van der Waals surface area contributed by atoms with Gasteiger partial charge < -0.3 is 5.32 Å². The number of carbonyl (C=O) groups excluding carboxylic acids is 1. The van der Waals surface area contributed by atoms with E-state index in [0.29, 0.717) is 21.9 Å². The fraction of sp³-hybridized carbons (Fsp3) is 0.409. The first-order valence-electron chi connectivity index (χ1n) is 10.3. The van der Waals surface area contributed by atoms with Crippen molar-refractivity contribution >= 4 is 50.8 Å². The molecule has 0 bridgehead atoms. The van der Waals surface area contributed by atoms with Crippen molar-refractivity contribution in [1.29, 1.82) is 0 Å². The molecule has 5 nitrogen and oxygen atoms in total. The number of halogens is 1. The van der Waals surface area contributed by atoms with Gasteiger partial charge in [0, 0.05) is 15.9 Å². The first kappa shape index (κ1) is 20.1. The summed E-state index contributed by atoms with van der Waals surface area (Å²) in [5, 5.41) is 4.88. The lowest BCUT2D eigenvalue weighted by Gasteiger charge is -2.14. The van der Waals surface area contributed by atoms with Crippen molar-refractivity contribution < 1.29 is 4.79 Å². The Hall–Kier alpha value is -1.83. The fourth-order valence-electron chi connectivity index (χ4n) is 3.86. The van der Waals surface area contributed by atoms with E-state index in [1.54, 1.807) is 22.0 Å². The first-order chi connectivity index (χ1) is 14.5. The van der Waals surface area contributed by atoms with Crippen LogP contribution in [0.4, 0.5) is 0 Å². The van der Waals surface area contributed by atoms with Crippen molar-refractivity contribution in [3.8, 4) is 5.69 Å². The Kier molecular flexibility index (Phi) is 5.37. The average Bonchev–Trinajstić information content (AvgIpc) is 3.45. The molecule has 30 heavy (non-hydrogen) atoms. The molecule has 8 heteroatoms. The number of aryl methyl sites for hydroxylation is 3. The zero-order valence-electron chi connectivity index (χ0n) is 16.7. The summed E-state index contributed by atoms with van der Waals surface area (Å²) < 4.78 is 1.63. The second-order valence-corrected chi connectivity index (χ2v) is 10.4. The lowest BCUT2D eigenvalue weighted by Crippen LogP contribution is -2.28. The minimum atomic E-state index is -0.0654. The molecule has 0 saturated heterocycles. The second-order valence-electron chi connectivity index (χ2n) is 7.99. The maximum absolute atomic E-state index is 13.7. The van der Waals surface area contributed by atoms with Crippen LogP contribution in [0.3, 0.4) is 0 Å². The third-order valence-corrected chi connectivity index (χ3v) is 8.18. The Labute approximate surface area is 187 Å². The van der Waals surface area contributed by atoms with E-state index in [1.807, 2.05) is 19.1 Å². The van der Waals surface area contributed by atoms with Crippen LogP contribution < -0.4 is 10.9 Å². The molecule has 0 aliphatic heterocycles. The van der Waals surface area contributed by atoms with Gasteiger partial charge in [0.2, 0.25) is 5.91 Å². The van der Waals surface area contributed by atoms with Gasteiger partial charge in [-0.05, 0) is 68.7 Å². The summed E-state index contributed by atoms with van der Waals surface area (Å²) in [5.74, 6) is 0.217. The molecule has 0 unspecified atom stereocenters. The van der Waals surface area contributed by atoms with Crippen LogP contribution in [0.1, 0.15) is 41.7 Å². The number of hydrogen-bond acceptors (Lipinski definition) is 5. The number of fused-ring (bicyclic) bond motifs is 3. The van der Waals surface area contributed by atoms with Crippen molar-refractivity contribution in [3.05, 3.63) is 49.6 Å². The summed E-state index contributed by atoms with van der Waals surface area (Å²) >= 11 is 9.30. The van der Waals surface area contributed by atoms with Gasteiger partial charge in [-0.2, -0.15) is 0 Å². The van der Waals surface area contributed by atoms with Crippen LogP contribution in [-0.4, -0.2) is 27.3 Å². The number of benzene rings is 1. The molecule has 1 saturated carbocycles. The summed E-state index contributed by atoms with van der Waals surface area (Å²) in [6.07, 6.45) is 6.30. The van der Waals surface area contributed by atoms with Crippen molar-refractivity contribution in [2.24, 2.45) is 0 Å². The standard InChI is InChI=1S/C22H22ClN3O2S2/c1-12-6-9-14(10-16(12)23)26-21(28)19-15-4-2-3-5-17(15)30-20(19)25-22(26)29-11-18(27)24-13-7-8-13/h6,9-10,13H,2-5,7-8,11H2,1H3,(H,24,27). The Morgan fingerprint density at radius 3 is 2.90 bits per heavy atom. The molecule has 156 valence electrons. The molecule has 2 aliphatic rings. The minimum Gasteiger partial charge on any atom is -0.353 e. The molecular formula is C22H22ClN3O2S2. The topological polar surface area (TPSA) is 64.0 Å². The fourth-order valence-corrected chi connectivity index (χ4v) is 6.16. The number of nitrogens with zero attached hydrogens (tertiary/aromatic N) is 2. The number of hydrogen-bond donors (Lipinski definition) is 1. The smallest absolute Gasteiger partial charge is 0.267 e. The van der Waals surface area contributed by atoms with E-state index in [0.717, 1.165) is 59.9 Å². The molecule has 0 spiro atoms. The predicted octanol–water partition coefficient (Wildman–Crippen LogP) is 4.66. The SMILES string of the molecule is Cc1ccc(-n2c(SCC(=O)NC3CC3)nc3sc4c(c3c2=O)CCCC4)cc1Cl. The highest BCUT2D eigenvalue weighted by molar-refractivity contribution is 7.99. The number of thioether (sulfide) groups is 1. The van der Waals surface area contributed by atoms with E-state index in [4.69, 9.17) is 16.6 Å². The van der Waals surface area contributed by atoms with Crippen molar-refractivity contribution in [1.82, 2.24) is 14.9 Å². The maximum atomic E-state index is 13.7. The molecule has 0 radical (unpaired) electrons. The quantitative estimate of drug-likeness (QED) is 0.445. The van der Waals surface area contributed by atoms with Crippen LogP contribution in [0.25, 0.3) is 15.9 Å². The minimum absolute atomic E-state index is 0.0178. The highest BCUT2D eigenvalue weighted by Crippen LogP contribution is 2.35. The second kappa shape index (κ2) is 8.02. The van der Waals surface area contributed by atoms with E-state index in [-0.39, 0.29) is 17.2 Å². The number of amides is 1. The Morgan fingerprint density at radius 2 is 2.13 bits per heavy atom. The van der Waals surface area contributed by atoms with Gasteiger partial charge in [0.15, 0.2) is 5.16 Å². The molecule has 1 amide bonds. The summed E-state index contributed by atoms with van der Waals surface area (Å²) in [6.45, 7) is 1.93. The zero-order chi connectivity index (χ0) is 20.8. The molecule has 0 atom stereocenters. The van der Waals surface area contributed by atoms with Crippen LogP contribution >= 0.6 is 34.7 Å².